The average Bonchev–Trinajstić information content (AvgIpc) is 2.98. The van der Waals surface area contributed by atoms with Gasteiger partial charge in [-0.1, -0.05) is 71.0 Å². The summed E-state index contributed by atoms with van der Waals surface area (Å²) in [4.78, 5) is 16.4. The zero-order valence-electron chi connectivity index (χ0n) is 36.7. The molecule has 0 bridgehead atoms. The molecule has 1 unspecified atom stereocenters. The number of carbonyl (C=O) groups is 1. The van der Waals surface area contributed by atoms with Crippen LogP contribution in [-0.4, -0.2) is 73.4 Å². The standard InChI is InChI=1S/C43H74N2O9P2.2CH4/c1-14-22-37(46)26-17-15-16-25-36(45(30-35-24-19-21-28-39(35)48)33-56(50,53-42(8,9)10)54-43(11,12)13)31-44(29-34-23-18-20-27-38(34)47)32-55(49,51-40(2,3)4)52-41(5,6)7;;/h18-21,23-24,27-28,36,47-48H,14-17,22,25-26,29-33H2,1-13H3;2*1H4. The van der Waals surface area contributed by atoms with Crippen molar-refractivity contribution in [3.05, 3.63) is 59.7 Å². The van der Waals surface area contributed by atoms with Crippen molar-refractivity contribution >= 4 is 21.0 Å². The average molecular weight is 857 g/mol. The first-order chi connectivity index (χ1) is 25.6. The van der Waals surface area contributed by atoms with Crippen LogP contribution < -0.4 is 0 Å². The van der Waals surface area contributed by atoms with E-state index in [9.17, 15) is 24.1 Å². The van der Waals surface area contributed by atoms with E-state index in [0.29, 0.717) is 30.4 Å². The zero-order valence-corrected chi connectivity index (χ0v) is 38.5. The van der Waals surface area contributed by atoms with Crippen LogP contribution in [0.4, 0.5) is 0 Å². The van der Waals surface area contributed by atoms with E-state index in [4.69, 9.17) is 18.1 Å². The molecule has 2 rings (SSSR count). The second-order valence-electron chi connectivity index (χ2n) is 18.9. The summed E-state index contributed by atoms with van der Waals surface area (Å²) in [5, 5.41) is 22.0. The largest absolute Gasteiger partial charge is 0.508 e. The molecule has 58 heavy (non-hydrogen) atoms. The van der Waals surface area contributed by atoms with E-state index >= 15 is 0 Å². The Labute approximate surface area is 353 Å². The molecule has 0 fully saturated rings. The third kappa shape index (κ3) is 23.1. The van der Waals surface area contributed by atoms with Crippen molar-refractivity contribution in [3.8, 4) is 11.5 Å². The third-order valence-electron chi connectivity index (χ3n) is 8.14. The molecular formula is C45H82N2O9P2. The highest BCUT2D eigenvalue weighted by Crippen LogP contribution is 2.57. The highest BCUT2D eigenvalue weighted by Gasteiger charge is 2.41. The summed E-state index contributed by atoms with van der Waals surface area (Å²) in [6, 6.07) is 13.7. The Morgan fingerprint density at radius 3 is 1.45 bits per heavy atom. The Morgan fingerprint density at radius 1 is 0.621 bits per heavy atom. The second-order valence-corrected chi connectivity index (χ2v) is 22.6. The Balaban J connectivity index is 0.0000162. The van der Waals surface area contributed by atoms with Crippen molar-refractivity contribution in [2.75, 3.05) is 19.1 Å². The smallest absolute Gasteiger partial charge is 0.345 e. The molecule has 0 aromatic heterocycles. The molecule has 13 heteroatoms. The highest BCUT2D eigenvalue weighted by atomic mass is 31.2. The summed E-state index contributed by atoms with van der Waals surface area (Å²) in [6.45, 7) is 24.8. The van der Waals surface area contributed by atoms with Gasteiger partial charge in [0.1, 0.15) is 29.9 Å². The molecule has 0 aliphatic carbocycles. The van der Waals surface area contributed by atoms with Crippen LogP contribution >= 0.6 is 15.2 Å². The predicted molar refractivity (Wildman–Crippen MR) is 241 cm³/mol. The molecule has 336 valence electrons. The molecule has 0 heterocycles. The Morgan fingerprint density at radius 2 is 1.03 bits per heavy atom. The van der Waals surface area contributed by atoms with Crippen LogP contribution in [0.5, 0.6) is 11.5 Å². The first-order valence-corrected chi connectivity index (χ1v) is 23.6. The molecule has 0 amide bonds. The molecule has 2 aromatic carbocycles. The maximum Gasteiger partial charge on any atom is 0.345 e. The van der Waals surface area contributed by atoms with Gasteiger partial charge < -0.3 is 28.3 Å². The van der Waals surface area contributed by atoms with Gasteiger partial charge in [-0.25, -0.2) is 0 Å². The number of Topliss-reactive ketones (excluding diaryl/α,β-unsaturated/α-hetero) is 1. The minimum absolute atomic E-state index is 0. The number of para-hydroxylation sites is 2. The van der Waals surface area contributed by atoms with E-state index in [0.717, 1.165) is 25.7 Å². The first-order valence-electron chi connectivity index (χ1n) is 20.1. The normalized spacial score (nSPS) is 13.6. The fraction of sp³-hybridized carbons (Fsp3) is 0.711. The van der Waals surface area contributed by atoms with Gasteiger partial charge in [0, 0.05) is 49.6 Å². The number of aromatic hydroxyl groups is 2. The Hall–Kier alpha value is -2.07. The van der Waals surface area contributed by atoms with Gasteiger partial charge in [0.15, 0.2) is 0 Å². The molecule has 0 aliphatic rings. The van der Waals surface area contributed by atoms with Crippen LogP contribution in [-0.2, 0) is 45.1 Å². The van der Waals surface area contributed by atoms with Crippen molar-refractivity contribution in [2.24, 2.45) is 0 Å². The molecule has 1 atom stereocenters. The van der Waals surface area contributed by atoms with E-state index in [1.165, 1.54) is 0 Å². The lowest BCUT2D eigenvalue weighted by Gasteiger charge is -2.41. The second kappa shape index (κ2) is 23.8. The van der Waals surface area contributed by atoms with Gasteiger partial charge in [0.2, 0.25) is 0 Å². The quantitative estimate of drug-likeness (QED) is 0.0816. The van der Waals surface area contributed by atoms with E-state index in [1.807, 2.05) is 124 Å². The number of rotatable bonds is 23. The number of unbranched alkanes of at least 4 members (excludes halogenated alkanes) is 2. The monoisotopic (exact) mass is 857 g/mol. The van der Waals surface area contributed by atoms with Gasteiger partial charge in [0.05, 0.1) is 22.4 Å². The number of phenols is 2. The van der Waals surface area contributed by atoms with Crippen LogP contribution in [0.25, 0.3) is 0 Å². The van der Waals surface area contributed by atoms with Crippen LogP contribution in [0.3, 0.4) is 0 Å². The highest BCUT2D eigenvalue weighted by molar-refractivity contribution is 7.54. The molecular weight excluding hydrogens is 774 g/mol. The predicted octanol–water partition coefficient (Wildman–Crippen LogP) is 12.9. The van der Waals surface area contributed by atoms with Crippen molar-refractivity contribution in [1.29, 1.82) is 0 Å². The number of hydrogen-bond acceptors (Lipinski definition) is 11. The summed E-state index contributed by atoms with van der Waals surface area (Å²) in [6.07, 6.45) is 4.60. The molecule has 0 spiro atoms. The maximum absolute atomic E-state index is 15.0. The number of hydrogen-bond donors (Lipinski definition) is 2. The van der Waals surface area contributed by atoms with Crippen molar-refractivity contribution < 1.29 is 42.2 Å². The number of phenolic OH excluding ortho intramolecular Hbond substituents is 2. The Kier molecular flexibility index (Phi) is 23.0. The lowest BCUT2D eigenvalue weighted by Crippen LogP contribution is -2.45. The van der Waals surface area contributed by atoms with Crippen molar-refractivity contribution in [1.82, 2.24) is 9.80 Å². The van der Waals surface area contributed by atoms with E-state index < -0.39 is 37.6 Å². The summed E-state index contributed by atoms with van der Waals surface area (Å²) >= 11 is 0. The van der Waals surface area contributed by atoms with E-state index in [2.05, 4.69) is 0 Å². The van der Waals surface area contributed by atoms with Gasteiger partial charge in [-0.2, -0.15) is 0 Å². The topological polar surface area (TPSA) is 135 Å². The van der Waals surface area contributed by atoms with Crippen LogP contribution in [0.2, 0.25) is 0 Å². The van der Waals surface area contributed by atoms with Crippen LogP contribution in [0.15, 0.2) is 48.5 Å². The summed E-state index contributed by atoms with van der Waals surface area (Å²) in [5.74, 6) is 0.454. The molecule has 2 N–H and O–H groups in total. The molecule has 0 saturated heterocycles. The minimum atomic E-state index is -3.87. The number of benzene rings is 2. The fourth-order valence-corrected chi connectivity index (χ4v) is 11.6. The van der Waals surface area contributed by atoms with Gasteiger partial charge >= 0.3 is 15.2 Å². The third-order valence-corrected chi connectivity index (χ3v) is 12.9. The first kappa shape index (κ1) is 55.9. The van der Waals surface area contributed by atoms with Gasteiger partial charge in [-0.15, -0.1) is 0 Å². The number of ketones is 1. The molecule has 2 aromatic rings. The summed E-state index contributed by atoms with van der Waals surface area (Å²) < 4.78 is 55.0. The molecule has 11 nitrogen and oxygen atoms in total. The van der Waals surface area contributed by atoms with Gasteiger partial charge in [-0.3, -0.25) is 23.7 Å². The summed E-state index contributed by atoms with van der Waals surface area (Å²) in [5.41, 5.74) is -1.95. The lowest BCUT2D eigenvalue weighted by molar-refractivity contribution is -0.119. The van der Waals surface area contributed by atoms with Crippen molar-refractivity contribution in [2.45, 2.75) is 191 Å². The number of carbonyl (C=O) groups excluding carboxylic acids is 1. The molecule has 0 saturated carbocycles. The van der Waals surface area contributed by atoms with E-state index in [1.54, 1.807) is 24.3 Å². The maximum atomic E-state index is 15.0. The van der Waals surface area contributed by atoms with Gasteiger partial charge in [0.25, 0.3) is 0 Å². The summed E-state index contributed by atoms with van der Waals surface area (Å²) in [7, 11) is -7.71. The molecule has 0 aliphatic heterocycles. The zero-order chi connectivity index (χ0) is 42.6. The minimum Gasteiger partial charge on any atom is -0.508 e. The fourth-order valence-electron chi connectivity index (χ4n) is 6.47. The Bertz CT molecular complexity index is 1570. The van der Waals surface area contributed by atoms with Crippen molar-refractivity contribution in [3.63, 3.8) is 0 Å². The van der Waals surface area contributed by atoms with E-state index in [-0.39, 0.29) is 70.4 Å². The SMILES string of the molecule is C.C.CCCC(=O)CCCCCC(CN(Cc1ccccc1O)CP(=O)(OC(C)(C)C)OC(C)(C)C)N(Cc1ccccc1O)CP(=O)(OC(C)(C)C)OC(C)(C)C. The van der Waals surface area contributed by atoms with Crippen LogP contribution in [0.1, 0.15) is 161 Å². The lowest BCUT2D eigenvalue weighted by atomic mass is 10.0. The van der Waals surface area contributed by atoms with Crippen LogP contribution in [0, 0.1) is 0 Å². The van der Waals surface area contributed by atoms with Gasteiger partial charge in [-0.05, 0) is 114 Å². The molecule has 0 radical (unpaired) electrons. The number of nitrogens with zero attached hydrogens (tertiary/aromatic N) is 2.